The van der Waals surface area contributed by atoms with Crippen LogP contribution in [0.1, 0.15) is 11.3 Å². The van der Waals surface area contributed by atoms with Gasteiger partial charge in [0.15, 0.2) is 0 Å². The number of morpholine rings is 1. The number of ether oxygens (including phenoxy) is 1. The Bertz CT molecular complexity index is 1280. The molecule has 4 aromatic rings. The second-order valence-electron chi connectivity index (χ2n) is 7.91. The number of nitrogens with two attached hydrogens (primary N) is 1. The summed E-state index contributed by atoms with van der Waals surface area (Å²) in [7, 11) is 0. The van der Waals surface area contributed by atoms with Crippen molar-refractivity contribution in [2.75, 3.05) is 36.9 Å². The summed E-state index contributed by atoms with van der Waals surface area (Å²) < 4.78 is 5.48. The number of fused-ring (bicyclic) bond motifs is 1. The fourth-order valence-corrected chi connectivity index (χ4v) is 4.35. The fourth-order valence-electron chi connectivity index (χ4n) is 4.35. The first-order chi connectivity index (χ1) is 15.7. The Morgan fingerprint density at radius 3 is 2.69 bits per heavy atom. The molecule has 0 saturated carbocycles. The largest absolute Gasteiger partial charge is 0.390 e. The van der Waals surface area contributed by atoms with Gasteiger partial charge in [-0.15, -0.1) is 0 Å². The summed E-state index contributed by atoms with van der Waals surface area (Å²) in [6.45, 7) is 4.90. The summed E-state index contributed by atoms with van der Waals surface area (Å²) in [5.41, 5.74) is 13.5. The van der Waals surface area contributed by atoms with Gasteiger partial charge in [0.05, 0.1) is 42.4 Å². The molecule has 162 valence electrons. The van der Waals surface area contributed by atoms with Crippen LogP contribution < -0.4 is 10.6 Å². The van der Waals surface area contributed by atoms with E-state index in [9.17, 15) is 5.11 Å². The van der Waals surface area contributed by atoms with E-state index in [-0.39, 0.29) is 6.61 Å². The van der Waals surface area contributed by atoms with Gasteiger partial charge in [-0.1, -0.05) is 24.3 Å². The van der Waals surface area contributed by atoms with E-state index in [4.69, 9.17) is 10.5 Å². The van der Waals surface area contributed by atoms with E-state index in [2.05, 4.69) is 51.0 Å². The first-order valence-corrected chi connectivity index (χ1v) is 10.7. The van der Waals surface area contributed by atoms with Gasteiger partial charge in [0, 0.05) is 36.4 Å². The van der Waals surface area contributed by atoms with Gasteiger partial charge in [-0.25, -0.2) is 4.98 Å². The quantitative estimate of drug-likeness (QED) is 0.514. The molecule has 0 aliphatic carbocycles. The predicted octanol–water partition coefficient (Wildman–Crippen LogP) is 3.58. The molecule has 7 nitrogen and oxygen atoms in total. The summed E-state index contributed by atoms with van der Waals surface area (Å²) in [6, 6.07) is 14.4. The molecule has 5 rings (SSSR count). The van der Waals surface area contributed by atoms with Gasteiger partial charge in [-0.3, -0.25) is 9.97 Å². The monoisotopic (exact) mass is 427 g/mol. The van der Waals surface area contributed by atoms with E-state index in [1.807, 2.05) is 18.2 Å². The molecule has 0 spiro atoms. The molecule has 1 aliphatic rings. The van der Waals surface area contributed by atoms with Crippen LogP contribution in [0.25, 0.3) is 33.3 Å². The van der Waals surface area contributed by atoms with Gasteiger partial charge in [-0.05, 0) is 41.8 Å². The van der Waals surface area contributed by atoms with E-state index in [1.54, 1.807) is 12.4 Å². The third-order valence-electron chi connectivity index (χ3n) is 5.92. The van der Waals surface area contributed by atoms with Crippen LogP contribution >= 0.6 is 0 Å². The molecule has 3 heterocycles. The lowest BCUT2D eigenvalue weighted by Crippen LogP contribution is -2.36. The first kappa shape index (κ1) is 20.4. The summed E-state index contributed by atoms with van der Waals surface area (Å²) in [4.78, 5) is 15.7. The number of hydrogen-bond donors (Lipinski definition) is 2. The Kier molecular flexibility index (Phi) is 5.43. The maximum Gasteiger partial charge on any atom is 0.147 e. The van der Waals surface area contributed by atoms with Crippen molar-refractivity contribution in [3.05, 3.63) is 66.1 Å². The van der Waals surface area contributed by atoms with E-state index in [1.165, 1.54) is 0 Å². The summed E-state index contributed by atoms with van der Waals surface area (Å²) in [5, 5.41) is 10.8. The number of aliphatic hydroxyl groups is 1. The topological polar surface area (TPSA) is 97.4 Å². The molecule has 7 heteroatoms. The predicted molar refractivity (Wildman–Crippen MR) is 126 cm³/mol. The Labute approximate surface area is 186 Å². The number of nitrogen functional groups attached to an aromatic ring is 1. The molecule has 0 amide bonds. The number of rotatable bonds is 4. The highest BCUT2D eigenvalue weighted by Crippen LogP contribution is 2.37. The standard InChI is InChI=1S/C25H25N5O2/c1-16-3-2-4-19(24-21(15-31)27-7-8-28-24)23(16)17-5-6-20-18(13-17)14-22(25(26)29-20)30-9-11-32-12-10-30/h2-8,13-14,31H,9-12,15H2,1H3,(H2,26,29). The lowest BCUT2D eigenvalue weighted by molar-refractivity contribution is 0.123. The van der Waals surface area contributed by atoms with Crippen molar-refractivity contribution in [2.45, 2.75) is 13.5 Å². The van der Waals surface area contributed by atoms with Crippen molar-refractivity contribution in [3.8, 4) is 22.4 Å². The Balaban J connectivity index is 1.66. The molecule has 2 aromatic carbocycles. The molecule has 1 aliphatic heterocycles. The molecular weight excluding hydrogens is 402 g/mol. The van der Waals surface area contributed by atoms with Crippen LogP contribution in [0, 0.1) is 6.92 Å². The molecular formula is C25H25N5O2. The minimum atomic E-state index is -0.166. The molecule has 0 radical (unpaired) electrons. The minimum Gasteiger partial charge on any atom is -0.390 e. The SMILES string of the molecule is Cc1cccc(-c2nccnc2CO)c1-c1ccc2nc(N)c(N3CCOCC3)cc2c1. The maximum absolute atomic E-state index is 9.80. The zero-order valence-corrected chi connectivity index (χ0v) is 18.0. The summed E-state index contributed by atoms with van der Waals surface area (Å²) in [5.74, 6) is 0.538. The second-order valence-corrected chi connectivity index (χ2v) is 7.91. The van der Waals surface area contributed by atoms with Crippen LogP contribution in [0.2, 0.25) is 0 Å². The maximum atomic E-state index is 9.80. The van der Waals surface area contributed by atoms with Gasteiger partial charge in [-0.2, -0.15) is 0 Å². The fraction of sp³-hybridized carbons (Fsp3) is 0.240. The average molecular weight is 428 g/mol. The van der Waals surface area contributed by atoms with Crippen LogP contribution in [0.4, 0.5) is 11.5 Å². The third kappa shape index (κ3) is 3.66. The van der Waals surface area contributed by atoms with Crippen LogP contribution in [-0.4, -0.2) is 46.4 Å². The molecule has 32 heavy (non-hydrogen) atoms. The van der Waals surface area contributed by atoms with Gasteiger partial charge in [0.25, 0.3) is 0 Å². The number of anilines is 2. The number of aliphatic hydroxyl groups excluding tert-OH is 1. The lowest BCUT2D eigenvalue weighted by Gasteiger charge is -2.29. The number of benzene rings is 2. The van der Waals surface area contributed by atoms with Crippen molar-refractivity contribution in [3.63, 3.8) is 0 Å². The zero-order valence-electron chi connectivity index (χ0n) is 18.0. The highest BCUT2D eigenvalue weighted by atomic mass is 16.5. The first-order valence-electron chi connectivity index (χ1n) is 10.7. The van der Waals surface area contributed by atoms with E-state index in [0.29, 0.717) is 30.4 Å². The number of aryl methyl sites for hydroxylation is 1. The Morgan fingerprint density at radius 1 is 1.06 bits per heavy atom. The average Bonchev–Trinajstić information content (AvgIpc) is 2.84. The van der Waals surface area contributed by atoms with Gasteiger partial charge >= 0.3 is 0 Å². The van der Waals surface area contributed by atoms with E-state index < -0.39 is 0 Å². The van der Waals surface area contributed by atoms with Crippen molar-refractivity contribution in [1.82, 2.24) is 15.0 Å². The number of hydrogen-bond acceptors (Lipinski definition) is 7. The highest BCUT2D eigenvalue weighted by molar-refractivity contribution is 5.93. The molecule has 2 aromatic heterocycles. The molecule has 0 bridgehead atoms. The molecule has 1 saturated heterocycles. The minimum absolute atomic E-state index is 0.166. The lowest BCUT2D eigenvalue weighted by atomic mass is 9.91. The number of pyridine rings is 1. The molecule has 0 unspecified atom stereocenters. The van der Waals surface area contributed by atoms with Crippen molar-refractivity contribution in [1.29, 1.82) is 0 Å². The van der Waals surface area contributed by atoms with Crippen LogP contribution in [-0.2, 0) is 11.3 Å². The smallest absolute Gasteiger partial charge is 0.147 e. The van der Waals surface area contributed by atoms with Gasteiger partial charge in [0.1, 0.15) is 5.82 Å². The van der Waals surface area contributed by atoms with Gasteiger partial charge < -0.3 is 20.5 Å². The van der Waals surface area contributed by atoms with Crippen molar-refractivity contribution < 1.29 is 9.84 Å². The van der Waals surface area contributed by atoms with Gasteiger partial charge in [0.2, 0.25) is 0 Å². The normalized spacial score (nSPS) is 14.1. The molecule has 1 fully saturated rings. The van der Waals surface area contributed by atoms with Crippen LogP contribution in [0.3, 0.4) is 0 Å². The number of aromatic nitrogens is 3. The van der Waals surface area contributed by atoms with Crippen LogP contribution in [0.5, 0.6) is 0 Å². The second kappa shape index (κ2) is 8.53. The zero-order chi connectivity index (χ0) is 22.1. The van der Waals surface area contributed by atoms with Crippen molar-refractivity contribution >= 4 is 22.4 Å². The molecule has 0 atom stereocenters. The Hall–Kier alpha value is -3.55. The van der Waals surface area contributed by atoms with Crippen LogP contribution in [0.15, 0.2) is 54.9 Å². The number of nitrogens with zero attached hydrogens (tertiary/aromatic N) is 4. The summed E-state index contributed by atoms with van der Waals surface area (Å²) in [6.07, 6.45) is 3.26. The van der Waals surface area contributed by atoms with E-state index >= 15 is 0 Å². The van der Waals surface area contributed by atoms with Crippen molar-refractivity contribution in [2.24, 2.45) is 0 Å². The third-order valence-corrected chi connectivity index (χ3v) is 5.92. The summed E-state index contributed by atoms with van der Waals surface area (Å²) >= 11 is 0. The molecule has 3 N–H and O–H groups in total. The Morgan fingerprint density at radius 2 is 1.88 bits per heavy atom. The highest BCUT2D eigenvalue weighted by Gasteiger charge is 2.18. The van der Waals surface area contributed by atoms with E-state index in [0.717, 1.165) is 51.9 Å².